The Kier molecular flexibility index (Phi) is 3.29. The number of hydrogen-bond acceptors (Lipinski definition) is 2. The Bertz CT molecular complexity index is 748. The fourth-order valence-corrected chi connectivity index (χ4v) is 3.10. The van der Waals surface area contributed by atoms with Crippen molar-refractivity contribution >= 4 is 23.8 Å². The molecule has 0 unspecified atom stereocenters. The standard InChI is InChI=1S/C14H13ClN2OS/c15-11-6-2-1-4-9(11)8-17-12-7-3-5-10(12)13(19)16-14(17)18/h1-2,4,6H,3,5,7-8H2,(H,16,18,19). The molecule has 1 aromatic heterocycles. The highest BCUT2D eigenvalue weighted by molar-refractivity contribution is 7.71. The predicted octanol–water partition coefficient (Wildman–Crippen LogP) is 3.10. The van der Waals surface area contributed by atoms with Gasteiger partial charge in [-0.2, -0.15) is 0 Å². The molecule has 0 saturated carbocycles. The molecule has 5 heteroatoms. The summed E-state index contributed by atoms with van der Waals surface area (Å²) in [5.41, 5.74) is 2.98. The van der Waals surface area contributed by atoms with E-state index in [4.69, 9.17) is 23.8 Å². The number of nitrogens with one attached hydrogen (secondary N) is 1. The van der Waals surface area contributed by atoms with Crippen LogP contribution in [0.1, 0.15) is 23.2 Å². The summed E-state index contributed by atoms with van der Waals surface area (Å²) in [6, 6.07) is 7.60. The fourth-order valence-electron chi connectivity index (χ4n) is 2.60. The van der Waals surface area contributed by atoms with Crippen LogP contribution in [0.4, 0.5) is 0 Å². The number of fused-ring (bicyclic) bond motifs is 1. The van der Waals surface area contributed by atoms with Crippen LogP contribution >= 0.6 is 23.8 Å². The molecule has 0 radical (unpaired) electrons. The SMILES string of the molecule is O=c1[nH]c(=S)c2c(n1Cc1ccccc1Cl)CCC2. The molecule has 3 rings (SSSR count). The second kappa shape index (κ2) is 4.94. The van der Waals surface area contributed by atoms with Crippen molar-refractivity contribution in [1.29, 1.82) is 0 Å². The van der Waals surface area contributed by atoms with Gasteiger partial charge in [-0.25, -0.2) is 4.79 Å². The van der Waals surface area contributed by atoms with E-state index in [1.807, 2.05) is 24.3 Å². The van der Waals surface area contributed by atoms with E-state index in [1.165, 1.54) is 0 Å². The largest absolute Gasteiger partial charge is 0.327 e. The summed E-state index contributed by atoms with van der Waals surface area (Å²) in [4.78, 5) is 14.9. The lowest BCUT2D eigenvalue weighted by atomic mass is 10.2. The Labute approximate surface area is 120 Å². The smallest absolute Gasteiger partial charge is 0.298 e. The molecule has 1 aromatic carbocycles. The summed E-state index contributed by atoms with van der Waals surface area (Å²) in [7, 11) is 0. The van der Waals surface area contributed by atoms with Crippen molar-refractivity contribution in [2.45, 2.75) is 25.8 Å². The van der Waals surface area contributed by atoms with Gasteiger partial charge < -0.3 is 0 Å². The average molecular weight is 293 g/mol. The van der Waals surface area contributed by atoms with Crippen LogP contribution in [0.2, 0.25) is 5.02 Å². The predicted molar refractivity (Wildman–Crippen MR) is 78.5 cm³/mol. The second-order valence-corrected chi connectivity index (χ2v) is 5.53. The molecular weight excluding hydrogens is 280 g/mol. The lowest BCUT2D eigenvalue weighted by molar-refractivity contribution is 0.680. The summed E-state index contributed by atoms with van der Waals surface area (Å²) < 4.78 is 2.35. The third-order valence-corrected chi connectivity index (χ3v) is 4.26. The Hall–Kier alpha value is -1.39. The van der Waals surface area contributed by atoms with Crippen molar-refractivity contribution in [3.8, 4) is 0 Å². The van der Waals surface area contributed by atoms with E-state index in [0.717, 1.165) is 36.1 Å². The Morgan fingerprint density at radius 3 is 2.89 bits per heavy atom. The molecule has 19 heavy (non-hydrogen) atoms. The monoisotopic (exact) mass is 292 g/mol. The molecule has 98 valence electrons. The highest BCUT2D eigenvalue weighted by atomic mass is 35.5. The molecule has 0 fully saturated rings. The summed E-state index contributed by atoms with van der Waals surface area (Å²) in [5, 5.41) is 0.684. The zero-order chi connectivity index (χ0) is 13.4. The first-order valence-corrected chi connectivity index (χ1v) is 7.03. The lowest BCUT2D eigenvalue weighted by Gasteiger charge is -2.12. The summed E-state index contributed by atoms with van der Waals surface area (Å²) in [6.45, 7) is 0.493. The van der Waals surface area contributed by atoms with Gasteiger partial charge >= 0.3 is 5.69 Å². The molecule has 1 aliphatic carbocycles. The third kappa shape index (κ3) is 2.26. The molecule has 0 aliphatic heterocycles. The molecule has 2 aromatic rings. The Balaban J connectivity index is 2.12. The quantitative estimate of drug-likeness (QED) is 0.864. The molecule has 3 nitrogen and oxygen atoms in total. The lowest BCUT2D eigenvalue weighted by Crippen LogP contribution is -2.27. The van der Waals surface area contributed by atoms with Crippen molar-refractivity contribution < 1.29 is 0 Å². The van der Waals surface area contributed by atoms with Gasteiger partial charge in [-0.3, -0.25) is 9.55 Å². The molecule has 0 bridgehead atoms. The first-order valence-electron chi connectivity index (χ1n) is 6.25. The summed E-state index contributed by atoms with van der Waals surface area (Å²) in [5.74, 6) is 0. The van der Waals surface area contributed by atoms with E-state index < -0.39 is 0 Å². The van der Waals surface area contributed by atoms with Crippen LogP contribution in [0.5, 0.6) is 0 Å². The van der Waals surface area contributed by atoms with Crippen LogP contribution in [-0.4, -0.2) is 9.55 Å². The number of hydrogen-bond donors (Lipinski definition) is 1. The Morgan fingerprint density at radius 1 is 1.32 bits per heavy atom. The van der Waals surface area contributed by atoms with Crippen LogP contribution in [0.25, 0.3) is 0 Å². The number of halogens is 1. The second-order valence-electron chi connectivity index (χ2n) is 4.72. The van der Waals surface area contributed by atoms with E-state index in [-0.39, 0.29) is 5.69 Å². The van der Waals surface area contributed by atoms with Crippen molar-refractivity contribution in [2.75, 3.05) is 0 Å². The molecular formula is C14H13ClN2OS. The van der Waals surface area contributed by atoms with E-state index in [9.17, 15) is 4.79 Å². The van der Waals surface area contributed by atoms with E-state index >= 15 is 0 Å². The molecule has 1 aliphatic rings. The molecule has 0 atom stereocenters. The number of benzene rings is 1. The topological polar surface area (TPSA) is 37.8 Å². The minimum atomic E-state index is -0.148. The number of H-pyrrole nitrogens is 1. The van der Waals surface area contributed by atoms with E-state index in [1.54, 1.807) is 4.57 Å². The van der Waals surface area contributed by atoms with Gasteiger partial charge in [-0.05, 0) is 30.9 Å². The molecule has 0 amide bonds. The van der Waals surface area contributed by atoms with Crippen LogP contribution in [0.3, 0.4) is 0 Å². The number of aromatic nitrogens is 2. The van der Waals surface area contributed by atoms with Crippen LogP contribution in [-0.2, 0) is 19.4 Å². The van der Waals surface area contributed by atoms with Crippen molar-refractivity contribution in [2.24, 2.45) is 0 Å². The minimum absolute atomic E-state index is 0.148. The van der Waals surface area contributed by atoms with Crippen molar-refractivity contribution in [3.63, 3.8) is 0 Å². The summed E-state index contributed by atoms with van der Waals surface area (Å²) in [6.07, 6.45) is 2.92. The van der Waals surface area contributed by atoms with Crippen LogP contribution in [0, 0.1) is 4.64 Å². The molecule has 1 heterocycles. The maximum Gasteiger partial charge on any atom is 0.327 e. The first-order chi connectivity index (χ1) is 9.16. The number of rotatable bonds is 2. The zero-order valence-electron chi connectivity index (χ0n) is 10.3. The van der Waals surface area contributed by atoms with Gasteiger partial charge in [0.2, 0.25) is 0 Å². The van der Waals surface area contributed by atoms with Gasteiger partial charge in [0.25, 0.3) is 0 Å². The zero-order valence-corrected chi connectivity index (χ0v) is 11.9. The third-order valence-electron chi connectivity index (χ3n) is 3.54. The molecule has 0 saturated heterocycles. The normalized spacial score (nSPS) is 13.5. The number of aromatic amines is 1. The van der Waals surface area contributed by atoms with Crippen LogP contribution < -0.4 is 5.69 Å². The van der Waals surface area contributed by atoms with Gasteiger partial charge in [-0.1, -0.05) is 42.0 Å². The maximum atomic E-state index is 12.1. The minimum Gasteiger partial charge on any atom is -0.298 e. The van der Waals surface area contributed by atoms with Crippen molar-refractivity contribution in [3.05, 3.63) is 61.2 Å². The highest BCUT2D eigenvalue weighted by Crippen LogP contribution is 2.22. The van der Waals surface area contributed by atoms with E-state index in [0.29, 0.717) is 16.2 Å². The van der Waals surface area contributed by atoms with Gasteiger partial charge in [0, 0.05) is 16.3 Å². The highest BCUT2D eigenvalue weighted by Gasteiger charge is 2.18. The summed E-state index contributed by atoms with van der Waals surface area (Å²) >= 11 is 11.4. The molecule has 0 spiro atoms. The number of nitrogens with zero attached hydrogens (tertiary/aromatic N) is 1. The van der Waals surface area contributed by atoms with E-state index in [2.05, 4.69) is 4.98 Å². The van der Waals surface area contributed by atoms with Gasteiger partial charge in [0.05, 0.1) is 6.54 Å². The van der Waals surface area contributed by atoms with Crippen LogP contribution in [0.15, 0.2) is 29.1 Å². The van der Waals surface area contributed by atoms with Gasteiger partial charge in [0.15, 0.2) is 0 Å². The van der Waals surface area contributed by atoms with Gasteiger partial charge in [-0.15, -0.1) is 0 Å². The average Bonchev–Trinajstić information content (AvgIpc) is 2.86. The Morgan fingerprint density at radius 2 is 2.11 bits per heavy atom. The van der Waals surface area contributed by atoms with Gasteiger partial charge in [0.1, 0.15) is 4.64 Å². The fraction of sp³-hybridized carbons (Fsp3) is 0.286. The first kappa shape index (κ1) is 12.6. The molecule has 1 N–H and O–H groups in total. The maximum absolute atomic E-state index is 12.1. The van der Waals surface area contributed by atoms with Crippen molar-refractivity contribution in [1.82, 2.24) is 9.55 Å².